The van der Waals surface area contributed by atoms with Gasteiger partial charge in [-0.1, -0.05) is 127 Å². The summed E-state index contributed by atoms with van der Waals surface area (Å²) in [4.78, 5) is 7.28. The Kier molecular flexibility index (Phi) is 6.25. The molecule has 0 fully saturated rings. The fraction of sp³-hybridized carbons (Fsp3) is 0. The van der Waals surface area contributed by atoms with Gasteiger partial charge in [0.1, 0.15) is 11.2 Å². The predicted molar refractivity (Wildman–Crippen MR) is 175 cm³/mol. The number of nitrogens with zero attached hydrogens (tertiary/aromatic N) is 2. The minimum absolute atomic E-state index is 0.620. The molecule has 7 aromatic rings. The third-order valence-corrected chi connectivity index (χ3v) is 12.9. The lowest BCUT2D eigenvalue weighted by Gasteiger charge is -2.34. The van der Waals surface area contributed by atoms with Crippen molar-refractivity contribution < 1.29 is 4.42 Å². The Morgan fingerprint density at radius 3 is 1.50 bits per heavy atom. The molecule has 0 amide bonds. The van der Waals surface area contributed by atoms with Gasteiger partial charge in [0.15, 0.2) is 19.4 Å². The second kappa shape index (κ2) is 10.4. The van der Waals surface area contributed by atoms with Crippen LogP contribution in [0, 0.1) is 13.1 Å². The van der Waals surface area contributed by atoms with Crippen LogP contribution in [0.15, 0.2) is 150 Å². The van der Waals surface area contributed by atoms with Crippen molar-refractivity contribution in [1.29, 1.82) is 0 Å². The fourth-order valence-electron chi connectivity index (χ4n) is 6.08. The molecular weight excluding hydrogens is 529 g/mol. The molecule has 0 N–H and O–H groups in total. The largest absolute Gasteiger partial charge is 0.456 e. The van der Waals surface area contributed by atoms with E-state index in [0.29, 0.717) is 11.4 Å². The molecule has 1 heterocycles. The van der Waals surface area contributed by atoms with E-state index in [2.05, 4.69) is 107 Å². The molecule has 196 valence electrons. The topological polar surface area (TPSA) is 21.9 Å². The molecule has 6 aromatic carbocycles. The number of para-hydroxylation sites is 1. The molecule has 7 rings (SSSR count). The first-order chi connectivity index (χ1) is 20.7. The van der Waals surface area contributed by atoms with Crippen molar-refractivity contribution in [3.8, 4) is 11.1 Å². The monoisotopic (exact) mass is 552 g/mol. The van der Waals surface area contributed by atoms with Crippen molar-refractivity contribution in [1.82, 2.24) is 0 Å². The molecule has 0 unspecified atom stereocenters. The summed E-state index contributed by atoms with van der Waals surface area (Å²) in [5, 5.41) is 7.09. The molecular formula is C38H24N2OSi. The SMILES string of the molecule is [C-]#[N+]c1ccc([Si](c2ccccc2)(c2ccc([N+]#[C-])cc2)c2ccc(-c3ccc4c(c3)oc3ccccc34)cc2)cc1. The Bertz CT molecular complexity index is 2070. The number of fused-ring (bicyclic) bond motifs is 3. The Balaban J connectivity index is 1.42. The molecule has 1 aromatic heterocycles. The number of furan rings is 1. The van der Waals surface area contributed by atoms with E-state index in [-0.39, 0.29) is 0 Å². The van der Waals surface area contributed by atoms with Gasteiger partial charge in [0, 0.05) is 10.8 Å². The highest BCUT2D eigenvalue weighted by molar-refractivity contribution is 7.19. The average molecular weight is 553 g/mol. The Morgan fingerprint density at radius 1 is 0.429 bits per heavy atom. The molecule has 42 heavy (non-hydrogen) atoms. The Labute approximate surface area is 245 Å². The molecule has 0 aliphatic rings. The van der Waals surface area contributed by atoms with E-state index in [4.69, 9.17) is 17.6 Å². The normalized spacial score (nSPS) is 11.3. The van der Waals surface area contributed by atoms with Crippen LogP contribution in [-0.2, 0) is 0 Å². The molecule has 0 bridgehead atoms. The maximum atomic E-state index is 7.50. The van der Waals surface area contributed by atoms with Crippen molar-refractivity contribution in [2.75, 3.05) is 0 Å². The van der Waals surface area contributed by atoms with Crippen LogP contribution in [0.4, 0.5) is 11.4 Å². The summed E-state index contributed by atoms with van der Waals surface area (Å²) in [5.41, 5.74) is 5.23. The van der Waals surface area contributed by atoms with Crippen LogP contribution in [0.1, 0.15) is 0 Å². The maximum Gasteiger partial charge on any atom is 0.187 e. The van der Waals surface area contributed by atoms with Gasteiger partial charge in [-0.2, -0.15) is 0 Å². The van der Waals surface area contributed by atoms with Crippen LogP contribution in [0.5, 0.6) is 0 Å². The first kappa shape index (κ1) is 25.3. The molecule has 0 saturated heterocycles. The average Bonchev–Trinajstić information content (AvgIpc) is 3.44. The van der Waals surface area contributed by atoms with Gasteiger partial charge < -0.3 is 4.42 Å². The van der Waals surface area contributed by atoms with E-state index in [9.17, 15) is 0 Å². The lowest BCUT2D eigenvalue weighted by molar-refractivity contribution is 0.669. The molecule has 0 radical (unpaired) electrons. The molecule has 0 aliphatic heterocycles. The van der Waals surface area contributed by atoms with Gasteiger partial charge in [0.2, 0.25) is 0 Å². The molecule has 3 nitrogen and oxygen atoms in total. The fourth-order valence-corrected chi connectivity index (χ4v) is 10.8. The number of rotatable bonds is 5. The van der Waals surface area contributed by atoms with Gasteiger partial charge in [0.05, 0.1) is 13.1 Å². The molecule has 0 saturated carbocycles. The lowest BCUT2D eigenvalue weighted by atomic mass is 10.0. The molecule has 0 aliphatic carbocycles. The molecule has 0 spiro atoms. The van der Waals surface area contributed by atoms with E-state index in [1.807, 2.05) is 48.5 Å². The highest BCUT2D eigenvalue weighted by Gasteiger charge is 2.41. The molecule has 4 heteroatoms. The van der Waals surface area contributed by atoms with Gasteiger partial charge in [-0.05, 0) is 50.1 Å². The maximum absolute atomic E-state index is 7.50. The summed E-state index contributed by atoms with van der Waals surface area (Å²) in [6.45, 7) is 15.0. The number of benzene rings is 6. The van der Waals surface area contributed by atoms with Crippen molar-refractivity contribution in [2.24, 2.45) is 0 Å². The minimum atomic E-state index is -2.79. The van der Waals surface area contributed by atoms with Gasteiger partial charge in [-0.25, -0.2) is 9.69 Å². The van der Waals surface area contributed by atoms with Gasteiger partial charge in [0.25, 0.3) is 0 Å². The molecule has 0 atom stereocenters. The zero-order valence-electron chi connectivity index (χ0n) is 22.7. The van der Waals surface area contributed by atoms with Crippen LogP contribution in [0.2, 0.25) is 0 Å². The number of hydrogen-bond donors (Lipinski definition) is 0. The lowest BCUT2D eigenvalue weighted by Crippen LogP contribution is -2.74. The summed E-state index contributed by atoms with van der Waals surface area (Å²) >= 11 is 0. The van der Waals surface area contributed by atoms with E-state index >= 15 is 0 Å². The Morgan fingerprint density at radius 2 is 0.905 bits per heavy atom. The number of hydrogen-bond acceptors (Lipinski definition) is 1. The minimum Gasteiger partial charge on any atom is -0.456 e. The Hall–Kier alpha value is -5.68. The summed E-state index contributed by atoms with van der Waals surface area (Å²) in [6, 6.07) is 50.2. The van der Waals surface area contributed by atoms with Crippen molar-refractivity contribution >= 4 is 62.1 Å². The highest BCUT2D eigenvalue weighted by atomic mass is 28.3. The highest BCUT2D eigenvalue weighted by Crippen LogP contribution is 2.32. The summed E-state index contributed by atoms with van der Waals surface area (Å²) < 4.78 is 6.17. The van der Waals surface area contributed by atoms with Crippen molar-refractivity contribution in [3.05, 3.63) is 168 Å². The second-order valence-corrected chi connectivity index (χ2v) is 14.1. The second-order valence-electron chi connectivity index (χ2n) is 10.3. The van der Waals surface area contributed by atoms with E-state index in [1.54, 1.807) is 0 Å². The van der Waals surface area contributed by atoms with Gasteiger partial charge in [-0.3, -0.25) is 0 Å². The van der Waals surface area contributed by atoms with E-state index < -0.39 is 8.07 Å². The predicted octanol–water partition coefficient (Wildman–Crippen LogP) is 7.73. The van der Waals surface area contributed by atoms with Crippen molar-refractivity contribution in [3.63, 3.8) is 0 Å². The third kappa shape index (κ3) is 4.11. The van der Waals surface area contributed by atoms with Crippen LogP contribution in [-0.4, -0.2) is 8.07 Å². The standard InChI is InChI=1S/C38H24N2OSi/c1-39-29-15-21-33(22-16-29)42(31-8-4-3-5-9-31,34-23-17-30(40-2)18-24-34)32-19-12-27(13-20-32)28-14-25-36-35-10-6-7-11-37(35)41-38(36)26-28/h3-26H. The van der Waals surface area contributed by atoms with E-state index in [1.165, 1.54) is 20.7 Å². The van der Waals surface area contributed by atoms with Crippen LogP contribution in [0.3, 0.4) is 0 Å². The smallest absolute Gasteiger partial charge is 0.187 e. The van der Waals surface area contributed by atoms with E-state index in [0.717, 1.165) is 33.1 Å². The third-order valence-electron chi connectivity index (χ3n) is 8.10. The zero-order valence-corrected chi connectivity index (χ0v) is 23.7. The first-order valence-electron chi connectivity index (χ1n) is 13.7. The quantitative estimate of drug-likeness (QED) is 0.122. The zero-order chi connectivity index (χ0) is 28.5. The van der Waals surface area contributed by atoms with Crippen LogP contribution in [0.25, 0.3) is 42.8 Å². The summed E-state index contributed by atoms with van der Waals surface area (Å²) in [5.74, 6) is 0. The van der Waals surface area contributed by atoms with Crippen LogP contribution < -0.4 is 20.7 Å². The summed E-state index contributed by atoms with van der Waals surface area (Å²) in [6.07, 6.45) is 0. The summed E-state index contributed by atoms with van der Waals surface area (Å²) in [7, 11) is -2.79. The van der Waals surface area contributed by atoms with Crippen molar-refractivity contribution in [2.45, 2.75) is 0 Å². The first-order valence-corrected chi connectivity index (χ1v) is 15.7. The van der Waals surface area contributed by atoms with Crippen LogP contribution >= 0.6 is 0 Å². The van der Waals surface area contributed by atoms with Gasteiger partial charge >= 0.3 is 0 Å². The van der Waals surface area contributed by atoms with Gasteiger partial charge in [-0.15, -0.1) is 0 Å².